The van der Waals surface area contributed by atoms with Crippen LogP contribution in [0.25, 0.3) is 0 Å². The summed E-state index contributed by atoms with van der Waals surface area (Å²) < 4.78 is 18.8. The highest BCUT2D eigenvalue weighted by atomic mass is 19.1. The van der Waals surface area contributed by atoms with Crippen molar-refractivity contribution in [2.45, 2.75) is 13.0 Å². The second kappa shape index (κ2) is 9.03. The minimum atomic E-state index is -1.38. The molecule has 25 heavy (non-hydrogen) atoms. The Morgan fingerprint density at radius 2 is 2.00 bits per heavy atom. The van der Waals surface area contributed by atoms with E-state index in [0.717, 1.165) is 11.6 Å². The number of nitrogens with one attached hydrogen (secondary N) is 1. The third kappa shape index (κ3) is 5.62. The number of ether oxygens (including phenoxy) is 1. The van der Waals surface area contributed by atoms with Gasteiger partial charge >= 0.3 is 12.1 Å². The van der Waals surface area contributed by atoms with Crippen molar-refractivity contribution >= 4 is 12.1 Å². The number of aromatic carboxylic acids is 1. The van der Waals surface area contributed by atoms with Gasteiger partial charge in [-0.2, -0.15) is 0 Å². The van der Waals surface area contributed by atoms with Crippen molar-refractivity contribution in [1.29, 1.82) is 0 Å². The molecule has 0 radical (unpaired) electrons. The van der Waals surface area contributed by atoms with Crippen molar-refractivity contribution in [3.63, 3.8) is 0 Å². The van der Waals surface area contributed by atoms with Crippen LogP contribution >= 0.6 is 0 Å². The Morgan fingerprint density at radius 3 is 2.72 bits per heavy atom. The molecule has 0 bridgehead atoms. The van der Waals surface area contributed by atoms with Crippen molar-refractivity contribution in [3.8, 4) is 11.8 Å². The van der Waals surface area contributed by atoms with E-state index < -0.39 is 23.4 Å². The Balaban J connectivity index is 1.76. The molecule has 0 spiro atoms. The molecule has 2 rings (SSSR count). The van der Waals surface area contributed by atoms with E-state index in [-0.39, 0.29) is 25.3 Å². The summed E-state index contributed by atoms with van der Waals surface area (Å²) in [7, 11) is 0. The molecule has 1 amide bonds. The predicted octanol–water partition coefficient (Wildman–Crippen LogP) is 2.59. The topological polar surface area (TPSA) is 88.5 Å². The molecule has 1 heterocycles. The number of pyridine rings is 1. The van der Waals surface area contributed by atoms with E-state index in [4.69, 9.17) is 9.84 Å². The fraction of sp³-hybridized carbons (Fsp3) is 0.167. The number of carboxylic acid groups (broad SMARTS) is 1. The van der Waals surface area contributed by atoms with Crippen LogP contribution in [0.2, 0.25) is 0 Å². The Bertz CT molecular complexity index is 813. The lowest BCUT2D eigenvalue weighted by molar-refractivity contribution is 0.0691. The lowest BCUT2D eigenvalue weighted by atomic mass is 10.2. The number of nitrogens with zero attached hydrogens (tertiary/aromatic N) is 1. The summed E-state index contributed by atoms with van der Waals surface area (Å²) in [5.74, 6) is 2.71. The van der Waals surface area contributed by atoms with Crippen molar-refractivity contribution in [2.75, 3.05) is 6.54 Å². The number of benzene rings is 1. The van der Waals surface area contributed by atoms with Gasteiger partial charge in [0.1, 0.15) is 12.3 Å². The second-order valence-corrected chi connectivity index (χ2v) is 4.87. The molecule has 128 valence electrons. The summed E-state index contributed by atoms with van der Waals surface area (Å²) in [6, 6.07) is 10.3. The first-order valence-corrected chi connectivity index (χ1v) is 7.39. The van der Waals surface area contributed by atoms with Crippen LogP contribution < -0.4 is 5.32 Å². The van der Waals surface area contributed by atoms with Crippen LogP contribution in [0.5, 0.6) is 0 Å². The standard InChI is InChI=1S/C18H15FN2O4/c19-16-14(17(22)23)9-11-20-15(16)8-4-5-10-21-18(24)25-12-13-6-2-1-3-7-13/h1-3,6-7,9,11H,5,10,12H2,(H,21,24)(H,22,23). The van der Waals surface area contributed by atoms with Gasteiger partial charge in [-0.3, -0.25) is 0 Å². The maximum absolute atomic E-state index is 13.8. The maximum atomic E-state index is 13.8. The average molecular weight is 342 g/mol. The number of rotatable bonds is 5. The van der Waals surface area contributed by atoms with Crippen LogP contribution in [0.4, 0.5) is 9.18 Å². The first kappa shape index (κ1) is 17.9. The zero-order valence-corrected chi connectivity index (χ0v) is 13.2. The summed E-state index contributed by atoms with van der Waals surface area (Å²) >= 11 is 0. The van der Waals surface area contributed by atoms with Crippen LogP contribution in [0.1, 0.15) is 28.0 Å². The predicted molar refractivity (Wildman–Crippen MR) is 87.3 cm³/mol. The third-order valence-electron chi connectivity index (χ3n) is 3.06. The molecule has 0 aliphatic rings. The summed E-state index contributed by atoms with van der Waals surface area (Å²) in [5, 5.41) is 11.3. The number of carboxylic acids is 1. The van der Waals surface area contributed by atoms with Gasteiger partial charge in [0.15, 0.2) is 5.82 Å². The molecule has 6 nitrogen and oxygen atoms in total. The molecule has 0 saturated carbocycles. The molecule has 1 aromatic carbocycles. The van der Waals surface area contributed by atoms with E-state index in [0.29, 0.717) is 0 Å². The zero-order valence-electron chi connectivity index (χ0n) is 13.2. The lowest BCUT2D eigenvalue weighted by Gasteiger charge is -2.05. The highest BCUT2D eigenvalue weighted by Crippen LogP contribution is 2.09. The molecular weight excluding hydrogens is 327 g/mol. The molecule has 2 aromatic rings. The van der Waals surface area contributed by atoms with E-state index >= 15 is 0 Å². The first-order valence-electron chi connectivity index (χ1n) is 7.39. The number of hydrogen-bond donors (Lipinski definition) is 2. The molecule has 0 aliphatic heterocycles. The van der Waals surface area contributed by atoms with Gasteiger partial charge in [-0.15, -0.1) is 0 Å². The van der Waals surface area contributed by atoms with Gasteiger partial charge in [-0.05, 0) is 17.6 Å². The largest absolute Gasteiger partial charge is 0.478 e. The smallest absolute Gasteiger partial charge is 0.407 e. The highest BCUT2D eigenvalue weighted by molar-refractivity contribution is 5.88. The van der Waals surface area contributed by atoms with E-state index in [1.54, 1.807) is 0 Å². The van der Waals surface area contributed by atoms with Gasteiger partial charge in [-0.25, -0.2) is 19.0 Å². The SMILES string of the molecule is O=C(NCCC#Cc1nccc(C(=O)O)c1F)OCc1ccccc1. The van der Waals surface area contributed by atoms with E-state index in [1.165, 1.54) is 6.20 Å². The van der Waals surface area contributed by atoms with Gasteiger partial charge < -0.3 is 15.2 Å². The van der Waals surface area contributed by atoms with Gasteiger partial charge in [0.25, 0.3) is 0 Å². The van der Waals surface area contributed by atoms with Gasteiger partial charge in [0.2, 0.25) is 0 Å². The number of halogens is 1. The first-order chi connectivity index (χ1) is 12.1. The number of aromatic nitrogens is 1. The van der Waals surface area contributed by atoms with Crippen LogP contribution in [-0.4, -0.2) is 28.7 Å². The van der Waals surface area contributed by atoms with Crippen LogP contribution in [-0.2, 0) is 11.3 Å². The average Bonchev–Trinajstić information content (AvgIpc) is 2.61. The molecule has 1 aromatic heterocycles. The highest BCUT2D eigenvalue weighted by Gasteiger charge is 2.13. The van der Waals surface area contributed by atoms with E-state index in [1.807, 2.05) is 30.3 Å². The van der Waals surface area contributed by atoms with Gasteiger partial charge in [0.05, 0.1) is 5.56 Å². The summed E-state index contributed by atoms with van der Waals surface area (Å²) in [5.41, 5.74) is 0.144. The molecule has 0 aliphatic carbocycles. The molecular formula is C18H15FN2O4. The van der Waals surface area contributed by atoms with E-state index in [2.05, 4.69) is 22.1 Å². The van der Waals surface area contributed by atoms with E-state index in [9.17, 15) is 14.0 Å². The quantitative estimate of drug-likeness (QED) is 0.644. The Labute approximate surface area is 143 Å². The minimum Gasteiger partial charge on any atom is -0.478 e. The molecule has 0 atom stereocenters. The van der Waals surface area contributed by atoms with Gasteiger partial charge in [0, 0.05) is 19.2 Å². The maximum Gasteiger partial charge on any atom is 0.407 e. The minimum absolute atomic E-state index is 0.162. The normalized spacial score (nSPS) is 9.64. The molecule has 7 heteroatoms. The number of carbonyl (C=O) groups is 2. The Hall–Kier alpha value is -3.40. The monoisotopic (exact) mass is 342 g/mol. The lowest BCUT2D eigenvalue weighted by Crippen LogP contribution is -2.24. The fourth-order valence-electron chi connectivity index (χ4n) is 1.84. The number of amides is 1. The third-order valence-corrected chi connectivity index (χ3v) is 3.06. The van der Waals surface area contributed by atoms with Crippen molar-refractivity contribution in [1.82, 2.24) is 10.3 Å². The molecule has 0 saturated heterocycles. The van der Waals surface area contributed by atoms with Crippen LogP contribution in [0, 0.1) is 17.7 Å². The molecule has 0 fully saturated rings. The van der Waals surface area contributed by atoms with Crippen molar-refractivity contribution in [3.05, 3.63) is 65.2 Å². The fourth-order valence-corrected chi connectivity index (χ4v) is 1.84. The summed E-state index contributed by atoms with van der Waals surface area (Å²) in [6.45, 7) is 0.371. The number of alkyl carbamates (subject to hydrolysis) is 1. The zero-order chi connectivity index (χ0) is 18.1. The van der Waals surface area contributed by atoms with Crippen molar-refractivity contribution in [2.24, 2.45) is 0 Å². The van der Waals surface area contributed by atoms with Crippen LogP contribution in [0.3, 0.4) is 0 Å². The summed E-state index contributed by atoms with van der Waals surface area (Å²) in [4.78, 5) is 26.0. The van der Waals surface area contributed by atoms with Crippen molar-refractivity contribution < 1.29 is 23.8 Å². The number of hydrogen-bond acceptors (Lipinski definition) is 4. The van der Waals surface area contributed by atoms with Crippen LogP contribution in [0.15, 0.2) is 42.6 Å². The summed E-state index contributed by atoms with van der Waals surface area (Å²) in [6.07, 6.45) is 0.831. The molecule has 2 N–H and O–H groups in total. The number of carbonyl (C=O) groups excluding carboxylic acids is 1. The van der Waals surface area contributed by atoms with Gasteiger partial charge in [-0.1, -0.05) is 36.3 Å². The Morgan fingerprint density at radius 1 is 1.24 bits per heavy atom. The molecule has 0 unspecified atom stereocenters. The second-order valence-electron chi connectivity index (χ2n) is 4.87. The Kier molecular flexibility index (Phi) is 6.48.